The first-order valence-corrected chi connectivity index (χ1v) is 11.2. The molecule has 2 amide bonds. The zero-order chi connectivity index (χ0) is 23.8. The molecule has 3 aromatic carbocycles. The second kappa shape index (κ2) is 11.5. The van der Waals surface area contributed by atoms with Gasteiger partial charge in [0.05, 0.1) is 32.1 Å². The number of methoxy groups -OCH3 is 3. The average Bonchev–Trinajstić information content (AvgIpc) is 2.83. The highest BCUT2D eigenvalue weighted by Gasteiger charge is 2.11. The normalized spacial score (nSPS) is 10.3. The largest absolute Gasteiger partial charge is 0.495 e. The number of thioether (sulfide) groups is 1. The summed E-state index contributed by atoms with van der Waals surface area (Å²) in [7, 11) is 4.58. The van der Waals surface area contributed by atoms with E-state index in [-0.39, 0.29) is 17.6 Å². The summed E-state index contributed by atoms with van der Waals surface area (Å²) < 4.78 is 15.5. The lowest BCUT2D eigenvalue weighted by atomic mass is 10.2. The van der Waals surface area contributed by atoms with Crippen molar-refractivity contribution in [2.45, 2.75) is 4.90 Å². The number of benzene rings is 3. The summed E-state index contributed by atoms with van der Waals surface area (Å²) in [5.74, 6) is 1.37. The molecule has 0 unspecified atom stereocenters. The first kappa shape index (κ1) is 24.3. The molecule has 0 aliphatic rings. The van der Waals surface area contributed by atoms with E-state index in [0.29, 0.717) is 39.2 Å². The number of rotatable bonds is 9. The third-order valence-corrected chi connectivity index (χ3v) is 5.87. The van der Waals surface area contributed by atoms with Gasteiger partial charge < -0.3 is 24.8 Å². The third kappa shape index (κ3) is 6.57. The summed E-state index contributed by atoms with van der Waals surface area (Å²) in [6.07, 6.45) is 0. The predicted molar refractivity (Wildman–Crippen MR) is 131 cm³/mol. The Morgan fingerprint density at radius 3 is 2.06 bits per heavy atom. The van der Waals surface area contributed by atoms with E-state index < -0.39 is 0 Å². The van der Waals surface area contributed by atoms with Crippen molar-refractivity contribution >= 4 is 46.6 Å². The molecule has 0 atom stereocenters. The fourth-order valence-corrected chi connectivity index (χ4v) is 3.86. The van der Waals surface area contributed by atoms with Gasteiger partial charge in [0.2, 0.25) is 5.91 Å². The van der Waals surface area contributed by atoms with E-state index in [4.69, 9.17) is 25.8 Å². The topological polar surface area (TPSA) is 85.9 Å². The molecule has 7 nitrogen and oxygen atoms in total. The van der Waals surface area contributed by atoms with E-state index >= 15 is 0 Å². The van der Waals surface area contributed by atoms with Gasteiger partial charge in [-0.05, 0) is 60.7 Å². The number of hydrogen-bond donors (Lipinski definition) is 2. The molecule has 0 saturated carbocycles. The molecule has 0 bridgehead atoms. The number of nitrogens with one attached hydrogen (secondary N) is 2. The van der Waals surface area contributed by atoms with Gasteiger partial charge in [-0.2, -0.15) is 0 Å². The summed E-state index contributed by atoms with van der Waals surface area (Å²) >= 11 is 7.46. The van der Waals surface area contributed by atoms with E-state index in [1.807, 2.05) is 12.1 Å². The molecule has 0 aliphatic heterocycles. The van der Waals surface area contributed by atoms with Gasteiger partial charge in [-0.1, -0.05) is 11.6 Å². The van der Waals surface area contributed by atoms with Gasteiger partial charge >= 0.3 is 0 Å². The highest BCUT2D eigenvalue weighted by molar-refractivity contribution is 8.00. The lowest BCUT2D eigenvalue weighted by Crippen LogP contribution is -2.14. The van der Waals surface area contributed by atoms with Crippen LogP contribution in [0.25, 0.3) is 0 Å². The molecular weight excluding hydrogens is 464 g/mol. The lowest BCUT2D eigenvalue weighted by Gasteiger charge is -2.10. The Hall–Kier alpha value is -3.36. The van der Waals surface area contributed by atoms with E-state index in [0.717, 1.165) is 4.90 Å². The van der Waals surface area contributed by atoms with Crippen LogP contribution in [0.1, 0.15) is 10.4 Å². The van der Waals surface area contributed by atoms with Gasteiger partial charge in [0.25, 0.3) is 5.91 Å². The van der Waals surface area contributed by atoms with Crippen LogP contribution < -0.4 is 24.8 Å². The van der Waals surface area contributed by atoms with Crippen LogP contribution in [-0.4, -0.2) is 38.9 Å². The standard InChI is InChI=1S/C24H23ClN2O5S/c1-30-20-11-7-17(13-19(20)25)26-23(28)14-33-18-8-5-16(6-9-18)27-24(29)15-4-10-21(31-2)22(12-15)32-3/h4-13H,14H2,1-3H3,(H,26,28)(H,27,29). The van der Waals surface area contributed by atoms with Crippen LogP contribution >= 0.6 is 23.4 Å². The summed E-state index contributed by atoms with van der Waals surface area (Å²) in [5.41, 5.74) is 1.68. The van der Waals surface area contributed by atoms with Crippen LogP contribution in [0.2, 0.25) is 5.02 Å². The van der Waals surface area contributed by atoms with E-state index in [1.54, 1.807) is 48.5 Å². The van der Waals surface area contributed by atoms with E-state index in [9.17, 15) is 9.59 Å². The summed E-state index contributed by atoms with van der Waals surface area (Å²) in [6.45, 7) is 0. The first-order valence-electron chi connectivity index (χ1n) is 9.83. The van der Waals surface area contributed by atoms with Gasteiger partial charge in [-0.3, -0.25) is 9.59 Å². The monoisotopic (exact) mass is 486 g/mol. The van der Waals surface area contributed by atoms with Gasteiger partial charge in [0.15, 0.2) is 11.5 Å². The van der Waals surface area contributed by atoms with Crippen LogP contribution in [-0.2, 0) is 4.79 Å². The molecule has 172 valence electrons. The van der Waals surface area contributed by atoms with Crippen molar-refractivity contribution in [2.24, 2.45) is 0 Å². The van der Waals surface area contributed by atoms with Crippen LogP contribution in [0.15, 0.2) is 65.6 Å². The zero-order valence-electron chi connectivity index (χ0n) is 18.3. The molecule has 0 spiro atoms. The second-order valence-electron chi connectivity index (χ2n) is 6.73. The predicted octanol–water partition coefficient (Wildman–Crippen LogP) is 5.35. The number of amides is 2. The smallest absolute Gasteiger partial charge is 0.255 e. The molecule has 0 fully saturated rings. The number of carbonyl (C=O) groups excluding carboxylic acids is 2. The van der Waals surface area contributed by atoms with Gasteiger partial charge in [0, 0.05) is 21.8 Å². The molecule has 0 saturated heterocycles. The minimum absolute atomic E-state index is 0.160. The number of carbonyl (C=O) groups is 2. The van der Waals surface area contributed by atoms with Crippen LogP contribution in [0, 0.1) is 0 Å². The highest BCUT2D eigenvalue weighted by Crippen LogP contribution is 2.29. The fraction of sp³-hybridized carbons (Fsp3) is 0.167. The molecule has 3 aromatic rings. The van der Waals surface area contributed by atoms with Crippen molar-refractivity contribution in [1.29, 1.82) is 0 Å². The van der Waals surface area contributed by atoms with Crippen molar-refractivity contribution < 1.29 is 23.8 Å². The number of halogens is 1. The summed E-state index contributed by atoms with van der Waals surface area (Å²) in [5, 5.41) is 6.07. The van der Waals surface area contributed by atoms with Gasteiger partial charge in [0.1, 0.15) is 5.75 Å². The molecule has 0 aliphatic carbocycles. The lowest BCUT2D eigenvalue weighted by molar-refractivity contribution is -0.113. The number of ether oxygens (including phenoxy) is 3. The SMILES string of the molecule is COc1ccc(NC(=O)CSc2ccc(NC(=O)c3ccc(OC)c(OC)c3)cc2)cc1Cl. The van der Waals surface area contributed by atoms with E-state index in [1.165, 1.54) is 33.1 Å². The Kier molecular flexibility index (Phi) is 8.46. The molecule has 3 rings (SSSR count). The van der Waals surface area contributed by atoms with Crippen molar-refractivity contribution in [3.05, 3.63) is 71.2 Å². The molecular formula is C24H23ClN2O5S. The maximum atomic E-state index is 12.5. The highest BCUT2D eigenvalue weighted by atomic mass is 35.5. The Balaban J connectivity index is 1.53. The zero-order valence-corrected chi connectivity index (χ0v) is 19.9. The quantitative estimate of drug-likeness (QED) is 0.396. The molecule has 2 N–H and O–H groups in total. The fourth-order valence-electron chi connectivity index (χ4n) is 2.91. The summed E-state index contributed by atoms with van der Waals surface area (Å²) in [4.78, 5) is 25.7. The minimum Gasteiger partial charge on any atom is -0.495 e. The van der Waals surface area contributed by atoms with Crippen molar-refractivity contribution in [3.8, 4) is 17.2 Å². The molecule has 33 heavy (non-hydrogen) atoms. The Morgan fingerprint density at radius 1 is 0.788 bits per heavy atom. The Morgan fingerprint density at radius 2 is 1.42 bits per heavy atom. The number of anilines is 2. The first-order chi connectivity index (χ1) is 15.9. The Labute approximate surface area is 201 Å². The maximum Gasteiger partial charge on any atom is 0.255 e. The van der Waals surface area contributed by atoms with Crippen molar-refractivity contribution in [3.63, 3.8) is 0 Å². The summed E-state index contributed by atoms with van der Waals surface area (Å²) in [6, 6.07) is 17.3. The van der Waals surface area contributed by atoms with Gasteiger partial charge in [-0.25, -0.2) is 0 Å². The molecule has 9 heteroatoms. The van der Waals surface area contributed by atoms with Crippen LogP contribution in [0.3, 0.4) is 0 Å². The maximum absolute atomic E-state index is 12.5. The van der Waals surface area contributed by atoms with Crippen molar-refractivity contribution in [2.75, 3.05) is 37.7 Å². The number of hydrogen-bond acceptors (Lipinski definition) is 6. The second-order valence-corrected chi connectivity index (χ2v) is 8.19. The molecule has 0 radical (unpaired) electrons. The van der Waals surface area contributed by atoms with E-state index in [2.05, 4.69) is 10.6 Å². The van der Waals surface area contributed by atoms with Crippen molar-refractivity contribution in [1.82, 2.24) is 0 Å². The van der Waals surface area contributed by atoms with Gasteiger partial charge in [-0.15, -0.1) is 11.8 Å². The minimum atomic E-state index is -0.270. The third-order valence-electron chi connectivity index (χ3n) is 4.56. The molecule has 0 heterocycles. The molecule has 0 aromatic heterocycles. The van der Waals surface area contributed by atoms with Crippen LogP contribution in [0.5, 0.6) is 17.2 Å². The average molecular weight is 487 g/mol. The van der Waals surface area contributed by atoms with Crippen LogP contribution in [0.4, 0.5) is 11.4 Å². The Bertz CT molecular complexity index is 1140.